The van der Waals surface area contributed by atoms with E-state index in [1.807, 2.05) is 23.5 Å². The normalized spacial score (nSPS) is 21.0. The van der Waals surface area contributed by atoms with Crippen LogP contribution in [0.5, 0.6) is 0 Å². The van der Waals surface area contributed by atoms with E-state index in [4.69, 9.17) is 23.7 Å². The molecule has 2 unspecified atom stereocenters. The third-order valence-electron chi connectivity index (χ3n) is 3.81. The predicted molar refractivity (Wildman–Crippen MR) is 109 cm³/mol. The first-order chi connectivity index (χ1) is 14.2. The Kier molecular flexibility index (Phi) is 13.4. The number of hydrogen-bond donors (Lipinski definition) is 0. The molecule has 0 bridgehead atoms. The molecule has 2 rings (SSSR count). The largest absolute Gasteiger partial charge is 0.508 e. The first-order valence-electron chi connectivity index (χ1n) is 9.79. The highest BCUT2D eigenvalue weighted by atomic mass is 32.2. The smallest absolute Gasteiger partial charge is 0.430 e. The molecule has 0 aliphatic carbocycles. The summed E-state index contributed by atoms with van der Waals surface area (Å²) in [7, 11) is 0. The maximum absolute atomic E-state index is 10.7. The lowest BCUT2D eigenvalue weighted by Crippen LogP contribution is -2.18. The van der Waals surface area contributed by atoms with Gasteiger partial charge in [-0.3, -0.25) is 0 Å². The van der Waals surface area contributed by atoms with Crippen molar-refractivity contribution in [2.45, 2.75) is 25.0 Å². The van der Waals surface area contributed by atoms with Crippen LogP contribution in [0.25, 0.3) is 0 Å². The van der Waals surface area contributed by atoms with Crippen LogP contribution in [0.1, 0.15) is 12.8 Å². The predicted octanol–water partition coefficient (Wildman–Crippen LogP) is 2.35. The summed E-state index contributed by atoms with van der Waals surface area (Å²) in [5.74, 6) is 3.99. The van der Waals surface area contributed by atoms with Crippen molar-refractivity contribution in [2.24, 2.45) is 0 Å². The zero-order valence-corrected chi connectivity index (χ0v) is 18.2. The van der Waals surface area contributed by atoms with Crippen molar-refractivity contribution in [3.63, 3.8) is 0 Å². The van der Waals surface area contributed by atoms with Crippen molar-refractivity contribution in [1.82, 2.24) is 0 Å². The summed E-state index contributed by atoms with van der Waals surface area (Å²) in [6.45, 7) is 4.18. The van der Waals surface area contributed by atoms with Gasteiger partial charge in [0.2, 0.25) is 0 Å². The summed E-state index contributed by atoms with van der Waals surface area (Å²) < 4.78 is 35.7. The van der Waals surface area contributed by atoms with E-state index in [-0.39, 0.29) is 25.4 Å². The molecule has 0 aromatic rings. The zero-order valence-electron chi connectivity index (χ0n) is 16.5. The van der Waals surface area contributed by atoms with Gasteiger partial charge in [0.1, 0.15) is 13.2 Å². The molecule has 2 atom stereocenters. The van der Waals surface area contributed by atoms with Gasteiger partial charge >= 0.3 is 12.3 Å². The van der Waals surface area contributed by atoms with Gasteiger partial charge in [-0.15, -0.1) is 0 Å². The number of ether oxygens (including phenoxy) is 7. The van der Waals surface area contributed by atoms with Crippen LogP contribution in [-0.2, 0) is 33.2 Å². The van der Waals surface area contributed by atoms with E-state index in [9.17, 15) is 9.59 Å². The van der Waals surface area contributed by atoms with Crippen LogP contribution in [-0.4, -0.2) is 100 Å². The summed E-state index contributed by atoms with van der Waals surface area (Å²) in [4.78, 5) is 21.5. The standard InChI is InChI=1S/C18H30O9S2/c19-17-24-13-15(26-17)11-22-3-1-7-28-9-5-21-6-10-29-8-2-4-23-12-16-14-25-18(20)27-16/h15-16H,1-14H2. The fraction of sp³-hybridized carbons (Fsp3) is 0.889. The third kappa shape index (κ3) is 12.4. The first kappa shape index (κ1) is 24.4. The lowest BCUT2D eigenvalue weighted by atomic mass is 10.4. The minimum Gasteiger partial charge on any atom is -0.430 e. The van der Waals surface area contributed by atoms with Gasteiger partial charge in [-0.05, 0) is 24.3 Å². The molecule has 0 aromatic carbocycles. The van der Waals surface area contributed by atoms with Crippen LogP contribution in [0.3, 0.4) is 0 Å². The lowest BCUT2D eigenvalue weighted by molar-refractivity contribution is 0.0464. The van der Waals surface area contributed by atoms with Gasteiger partial charge < -0.3 is 33.2 Å². The van der Waals surface area contributed by atoms with Crippen LogP contribution < -0.4 is 0 Å². The van der Waals surface area contributed by atoms with E-state index in [1.54, 1.807) is 0 Å². The van der Waals surface area contributed by atoms with Crippen LogP contribution >= 0.6 is 23.5 Å². The molecule has 0 aromatic heterocycles. The molecule has 168 valence electrons. The maximum Gasteiger partial charge on any atom is 0.508 e. The number of thioether (sulfide) groups is 2. The van der Waals surface area contributed by atoms with Gasteiger partial charge in [-0.2, -0.15) is 23.5 Å². The topological polar surface area (TPSA) is 98.8 Å². The molecule has 0 saturated carbocycles. The minimum atomic E-state index is -0.609. The SMILES string of the molecule is O=C1OCC(COCCCSCCOCCSCCCOCC2COC(=O)O2)O1. The Bertz CT molecular complexity index is 427. The lowest BCUT2D eigenvalue weighted by Gasteiger charge is -2.08. The van der Waals surface area contributed by atoms with Crippen LogP contribution in [0, 0.1) is 0 Å². The molecule has 2 fully saturated rings. The van der Waals surface area contributed by atoms with Crippen molar-refractivity contribution in [3.05, 3.63) is 0 Å². The summed E-state index contributed by atoms with van der Waals surface area (Å²) in [5.41, 5.74) is 0. The fourth-order valence-corrected chi connectivity index (χ4v) is 3.92. The van der Waals surface area contributed by atoms with E-state index >= 15 is 0 Å². The molecule has 9 nitrogen and oxygen atoms in total. The summed E-state index contributed by atoms with van der Waals surface area (Å²) in [5, 5.41) is 0. The van der Waals surface area contributed by atoms with Crippen LogP contribution in [0.15, 0.2) is 0 Å². The van der Waals surface area contributed by atoms with E-state index in [0.717, 1.165) is 49.1 Å². The van der Waals surface area contributed by atoms with Gasteiger partial charge in [-0.25, -0.2) is 9.59 Å². The number of cyclic esters (lactones) is 4. The van der Waals surface area contributed by atoms with Crippen molar-refractivity contribution >= 4 is 35.8 Å². The van der Waals surface area contributed by atoms with Crippen LogP contribution in [0.2, 0.25) is 0 Å². The van der Waals surface area contributed by atoms with E-state index in [2.05, 4.69) is 9.47 Å². The second-order valence-corrected chi connectivity index (χ2v) is 8.75. The molecule has 0 radical (unpaired) electrons. The van der Waals surface area contributed by atoms with Crippen molar-refractivity contribution < 1.29 is 42.7 Å². The maximum atomic E-state index is 10.7. The summed E-state index contributed by atoms with van der Waals surface area (Å²) >= 11 is 3.69. The molecule has 29 heavy (non-hydrogen) atoms. The highest BCUT2D eigenvalue weighted by Gasteiger charge is 2.25. The highest BCUT2D eigenvalue weighted by Crippen LogP contribution is 2.09. The molecule has 0 N–H and O–H groups in total. The highest BCUT2D eigenvalue weighted by molar-refractivity contribution is 7.99. The van der Waals surface area contributed by atoms with Crippen molar-refractivity contribution in [3.8, 4) is 0 Å². The van der Waals surface area contributed by atoms with Crippen molar-refractivity contribution in [2.75, 3.05) is 75.9 Å². The molecular weight excluding hydrogens is 424 g/mol. The Balaban J connectivity index is 1.20. The quantitative estimate of drug-likeness (QED) is 0.225. The van der Waals surface area contributed by atoms with Crippen molar-refractivity contribution in [1.29, 1.82) is 0 Å². The number of carbonyl (C=O) groups excluding carboxylic acids is 2. The van der Waals surface area contributed by atoms with Gasteiger partial charge in [0, 0.05) is 24.7 Å². The summed E-state index contributed by atoms with van der Waals surface area (Å²) in [6.07, 6.45) is 0.176. The van der Waals surface area contributed by atoms with Gasteiger partial charge in [-0.1, -0.05) is 0 Å². The molecular formula is C18H30O9S2. The molecule has 2 aliphatic heterocycles. The van der Waals surface area contributed by atoms with E-state index in [0.29, 0.717) is 26.4 Å². The molecule has 2 aliphatic rings. The molecule has 0 spiro atoms. The van der Waals surface area contributed by atoms with E-state index in [1.165, 1.54) is 0 Å². The third-order valence-corrected chi connectivity index (χ3v) is 5.87. The Hall–Kier alpha value is -0.880. The fourth-order valence-electron chi connectivity index (χ4n) is 2.39. The molecule has 0 amide bonds. The second kappa shape index (κ2) is 15.9. The molecule has 2 heterocycles. The summed E-state index contributed by atoms with van der Waals surface area (Å²) in [6, 6.07) is 0. The van der Waals surface area contributed by atoms with Gasteiger partial charge in [0.05, 0.1) is 26.4 Å². The average molecular weight is 455 g/mol. The van der Waals surface area contributed by atoms with Gasteiger partial charge in [0.25, 0.3) is 0 Å². The monoisotopic (exact) mass is 454 g/mol. The van der Waals surface area contributed by atoms with Gasteiger partial charge in [0.15, 0.2) is 12.2 Å². The number of carbonyl (C=O) groups is 2. The Morgan fingerprint density at radius 3 is 1.59 bits per heavy atom. The first-order valence-corrected chi connectivity index (χ1v) is 12.1. The Labute approximate surface area is 179 Å². The Morgan fingerprint density at radius 1 is 0.690 bits per heavy atom. The van der Waals surface area contributed by atoms with E-state index < -0.39 is 12.3 Å². The Morgan fingerprint density at radius 2 is 1.17 bits per heavy atom. The minimum absolute atomic E-state index is 0.262. The zero-order chi connectivity index (χ0) is 20.6. The average Bonchev–Trinajstić information content (AvgIpc) is 3.32. The molecule has 2 saturated heterocycles. The van der Waals surface area contributed by atoms with Crippen LogP contribution in [0.4, 0.5) is 9.59 Å². The second-order valence-electron chi connectivity index (χ2n) is 6.30. The molecule has 11 heteroatoms. The number of rotatable bonds is 18. The number of hydrogen-bond acceptors (Lipinski definition) is 11.